The average molecular weight is 451 g/mol. The number of allylic oxidation sites excluding steroid dienone is 2. The van der Waals surface area contributed by atoms with Crippen molar-refractivity contribution in [2.24, 2.45) is 34.5 Å². The van der Waals surface area contributed by atoms with Gasteiger partial charge in [-0.3, -0.25) is 9.59 Å². The van der Waals surface area contributed by atoms with Gasteiger partial charge >= 0.3 is 0 Å². The molecule has 6 nitrogen and oxygen atoms in total. The Bertz CT molecular complexity index is 1020. The highest BCUT2D eigenvalue weighted by Crippen LogP contribution is 2.67. The molecule has 5 rings (SSSR count). The zero-order chi connectivity index (χ0) is 23.5. The molecule has 6 heteroatoms. The van der Waals surface area contributed by atoms with Gasteiger partial charge in [-0.15, -0.1) is 0 Å². The summed E-state index contributed by atoms with van der Waals surface area (Å²) in [6.45, 7) is 7.13. The Kier molecular flexibility index (Phi) is 5.33. The van der Waals surface area contributed by atoms with Crippen molar-refractivity contribution in [2.75, 3.05) is 18.1 Å². The maximum Gasteiger partial charge on any atom is 0.226 e. The molecule has 33 heavy (non-hydrogen) atoms. The summed E-state index contributed by atoms with van der Waals surface area (Å²) in [5.41, 5.74) is 8.79. The van der Waals surface area contributed by atoms with Gasteiger partial charge in [-0.25, -0.2) is 4.98 Å². The number of amides is 2. The number of carbonyl (C=O) groups is 2. The van der Waals surface area contributed by atoms with Crippen molar-refractivity contribution in [1.82, 2.24) is 9.88 Å². The summed E-state index contributed by atoms with van der Waals surface area (Å²) in [4.78, 5) is 31.6. The van der Waals surface area contributed by atoms with Crippen LogP contribution in [0.3, 0.4) is 0 Å². The topological polar surface area (TPSA) is 88.3 Å². The number of rotatable bonds is 3. The number of likely N-dealkylation sites (tertiary alicyclic amines) is 1. The van der Waals surface area contributed by atoms with E-state index in [1.54, 1.807) is 12.1 Å². The van der Waals surface area contributed by atoms with E-state index >= 15 is 0 Å². The van der Waals surface area contributed by atoms with Crippen molar-refractivity contribution >= 4 is 23.5 Å². The number of nitrogen functional groups attached to an aromatic ring is 1. The third-order valence-electron chi connectivity index (χ3n) is 9.98. The highest BCUT2D eigenvalue weighted by molar-refractivity contribution is 5.90. The summed E-state index contributed by atoms with van der Waals surface area (Å²) < 4.78 is 0. The first-order valence-electron chi connectivity index (χ1n) is 12.6. The van der Waals surface area contributed by atoms with Gasteiger partial charge in [-0.05, 0) is 86.7 Å². The van der Waals surface area contributed by atoms with Gasteiger partial charge in [-0.2, -0.15) is 0 Å². The van der Waals surface area contributed by atoms with E-state index in [9.17, 15) is 9.59 Å². The zero-order valence-electron chi connectivity index (χ0n) is 20.5. The molecule has 0 bridgehead atoms. The number of nitrogens with one attached hydrogen (secondary N) is 1. The molecular weight excluding hydrogens is 412 g/mol. The predicted octanol–water partition coefficient (Wildman–Crippen LogP) is 4.99. The van der Waals surface area contributed by atoms with Gasteiger partial charge in [0.05, 0.1) is 0 Å². The molecule has 3 aliphatic carbocycles. The van der Waals surface area contributed by atoms with Crippen molar-refractivity contribution in [3.63, 3.8) is 0 Å². The van der Waals surface area contributed by atoms with E-state index in [4.69, 9.17) is 5.73 Å². The molecule has 0 spiro atoms. The summed E-state index contributed by atoms with van der Waals surface area (Å²) in [6, 6.07) is 5.33. The Hall–Kier alpha value is -2.37. The minimum atomic E-state index is 0.0449. The van der Waals surface area contributed by atoms with E-state index in [0.29, 0.717) is 48.1 Å². The van der Waals surface area contributed by atoms with Crippen molar-refractivity contribution < 1.29 is 9.59 Å². The van der Waals surface area contributed by atoms with Gasteiger partial charge in [0.1, 0.15) is 11.6 Å². The fourth-order valence-corrected chi connectivity index (χ4v) is 8.49. The van der Waals surface area contributed by atoms with E-state index in [1.165, 1.54) is 30.5 Å². The fraction of sp³-hybridized carbons (Fsp3) is 0.667. The normalized spacial score (nSPS) is 37.9. The molecule has 2 saturated carbocycles. The first-order valence-corrected chi connectivity index (χ1v) is 12.6. The quantitative estimate of drug-likeness (QED) is 0.679. The van der Waals surface area contributed by atoms with Gasteiger partial charge < -0.3 is 16.0 Å². The van der Waals surface area contributed by atoms with E-state index in [-0.39, 0.29) is 22.6 Å². The smallest absolute Gasteiger partial charge is 0.226 e. The number of piperidine rings is 1. The zero-order valence-corrected chi connectivity index (χ0v) is 20.5. The van der Waals surface area contributed by atoms with Crippen molar-refractivity contribution in [2.45, 2.75) is 72.1 Å². The third-order valence-corrected chi connectivity index (χ3v) is 9.98. The Labute approximate surface area is 197 Å². The van der Waals surface area contributed by atoms with Crippen LogP contribution in [-0.2, 0) is 9.59 Å². The number of anilines is 2. The second kappa shape index (κ2) is 7.85. The Morgan fingerprint density at radius 2 is 2.00 bits per heavy atom. The van der Waals surface area contributed by atoms with Crippen LogP contribution in [0.1, 0.15) is 72.1 Å². The summed E-state index contributed by atoms with van der Waals surface area (Å²) in [7, 11) is 1.98. The number of nitrogens with zero attached hydrogens (tertiary/aromatic N) is 2. The molecule has 2 heterocycles. The van der Waals surface area contributed by atoms with Gasteiger partial charge in [0.2, 0.25) is 11.8 Å². The molecule has 1 saturated heterocycles. The van der Waals surface area contributed by atoms with E-state index in [0.717, 1.165) is 19.3 Å². The van der Waals surface area contributed by atoms with Crippen LogP contribution in [0.25, 0.3) is 0 Å². The van der Waals surface area contributed by atoms with E-state index in [1.807, 2.05) is 18.0 Å². The molecule has 4 aliphatic rings. The van der Waals surface area contributed by atoms with E-state index in [2.05, 4.69) is 31.1 Å². The van der Waals surface area contributed by atoms with Crippen LogP contribution in [0, 0.1) is 34.5 Å². The SMILES string of the molecule is CC1=C2N(C)C(=O)CC[C@]2(C)[C@H]2CC[C@]3(C)C(CC(=O)Nc4cccc(N)n4)CC[C@H]3[C@@H]2C1. The van der Waals surface area contributed by atoms with Crippen LogP contribution in [0.2, 0.25) is 0 Å². The van der Waals surface area contributed by atoms with Gasteiger partial charge in [0.15, 0.2) is 0 Å². The van der Waals surface area contributed by atoms with Crippen molar-refractivity contribution in [1.29, 1.82) is 0 Å². The molecular formula is C27H38N4O2. The third kappa shape index (κ3) is 3.48. The second-order valence-electron chi connectivity index (χ2n) is 11.6. The van der Waals surface area contributed by atoms with Crippen LogP contribution in [0.15, 0.2) is 29.5 Å². The average Bonchev–Trinajstić information content (AvgIpc) is 3.07. The lowest BCUT2D eigenvalue weighted by Gasteiger charge is -2.59. The van der Waals surface area contributed by atoms with Gasteiger partial charge in [0.25, 0.3) is 0 Å². The standard InChI is InChI=1S/C27H38N4O2/c1-16-14-18-19-9-8-17(15-23(32)30-22-7-5-6-21(28)29-22)26(19,2)12-10-20(18)27(3)13-11-24(33)31(4)25(16)27/h5-7,17-20H,8-15H2,1-4H3,(H3,28,29,30,32)/t17?,18-,19-,20-,26+,27+/m0/s1. The number of nitrogens with two attached hydrogens (primary N) is 1. The number of hydrogen-bond donors (Lipinski definition) is 2. The van der Waals surface area contributed by atoms with E-state index < -0.39 is 0 Å². The summed E-state index contributed by atoms with van der Waals surface area (Å²) >= 11 is 0. The Morgan fingerprint density at radius 1 is 1.21 bits per heavy atom. The summed E-state index contributed by atoms with van der Waals surface area (Å²) in [5.74, 6) is 3.60. The van der Waals surface area contributed by atoms with Crippen LogP contribution in [0.5, 0.6) is 0 Å². The maximum absolute atomic E-state index is 12.9. The minimum Gasteiger partial charge on any atom is -0.384 e. The summed E-state index contributed by atoms with van der Waals surface area (Å²) in [6.07, 6.45) is 7.98. The molecule has 1 aromatic heterocycles. The van der Waals surface area contributed by atoms with Crippen molar-refractivity contribution in [3.8, 4) is 0 Å². The summed E-state index contributed by atoms with van der Waals surface area (Å²) in [5, 5.41) is 2.96. The molecule has 0 radical (unpaired) electrons. The number of aromatic nitrogens is 1. The highest BCUT2D eigenvalue weighted by atomic mass is 16.2. The number of fused-ring (bicyclic) bond motifs is 5. The molecule has 3 N–H and O–H groups in total. The number of pyridine rings is 1. The number of carbonyl (C=O) groups excluding carboxylic acids is 2. The Morgan fingerprint density at radius 3 is 2.76 bits per heavy atom. The van der Waals surface area contributed by atoms with Crippen LogP contribution < -0.4 is 11.1 Å². The fourth-order valence-electron chi connectivity index (χ4n) is 8.49. The minimum absolute atomic E-state index is 0.0449. The molecule has 2 amide bonds. The molecule has 1 unspecified atom stereocenters. The lowest BCUT2D eigenvalue weighted by molar-refractivity contribution is -0.136. The van der Waals surface area contributed by atoms with Crippen LogP contribution in [-0.4, -0.2) is 28.7 Å². The largest absolute Gasteiger partial charge is 0.384 e. The lowest BCUT2D eigenvalue weighted by atomic mass is 9.48. The molecule has 1 aromatic rings. The Balaban J connectivity index is 1.35. The monoisotopic (exact) mass is 450 g/mol. The first-order chi connectivity index (χ1) is 15.6. The van der Waals surface area contributed by atoms with Crippen LogP contribution in [0.4, 0.5) is 11.6 Å². The first kappa shape index (κ1) is 22.4. The molecule has 0 aromatic carbocycles. The van der Waals surface area contributed by atoms with Gasteiger partial charge in [-0.1, -0.05) is 25.5 Å². The lowest BCUT2D eigenvalue weighted by Crippen LogP contribution is -2.54. The van der Waals surface area contributed by atoms with Crippen molar-refractivity contribution in [3.05, 3.63) is 29.5 Å². The maximum atomic E-state index is 12.9. The highest BCUT2D eigenvalue weighted by Gasteiger charge is 2.60. The predicted molar refractivity (Wildman–Crippen MR) is 130 cm³/mol. The second-order valence-corrected chi connectivity index (χ2v) is 11.6. The molecule has 1 aliphatic heterocycles. The van der Waals surface area contributed by atoms with Gasteiger partial charge in [0, 0.05) is 31.0 Å². The molecule has 178 valence electrons. The molecule has 6 atom stereocenters. The molecule has 3 fully saturated rings. The number of hydrogen-bond acceptors (Lipinski definition) is 4. The van der Waals surface area contributed by atoms with Crippen LogP contribution >= 0.6 is 0 Å².